The minimum Gasteiger partial charge on any atom is -0.461 e. The van der Waals surface area contributed by atoms with Crippen LogP contribution in [-0.2, 0) is 20.9 Å². The van der Waals surface area contributed by atoms with E-state index in [1.165, 1.54) is 0 Å². The van der Waals surface area contributed by atoms with Crippen molar-refractivity contribution in [2.75, 3.05) is 13.1 Å². The zero-order valence-corrected chi connectivity index (χ0v) is 10.0. The Hall–Kier alpha value is -1.88. The van der Waals surface area contributed by atoms with Gasteiger partial charge in [-0.15, -0.1) is 0 Å². The standard InChI is InChI=1S/C13H16N2O3/c16-12(8-11-13(17)15-7-6-14-11)18-9-10-4-2-1-3-5-10/h1-5,11,14H,6-9H2,(H,15,17)/t11-/m0/s1. The Balaban J connectivity index is 1.76. The quantitative estimate of drug-likeness (QED) is 0.747. The predicted molar refractivity (Wildman–Crippen MR) is 65.7 cm³/mol. The molecule has 1 atom stereocenters. The molecule has 2 N–H and O–H groups in total. The van der Waals surface area contributed by atoms with Crippen molar-refractivity contribution in [3.63, 3.8) is 0 Å². The average molecular weight is 248 g/mol. The third-order valence-electron chi connectivity index (χ3n) is 2.74. The van der Waals surface area contributed by atoms with E-state index in [2.05, 4.69) is 10.6 Å². The number of amides is 1. The third-order valence-corrected chi connectivity index (χ3v) is 2.74. The van der Waals surface area contributed by atoms with Crippen molar-refractivity contribution in [1.29, 1.82) is 0 Å². The number of benzene rings is 1. The second kappa shape index (κ2) is 6.16. The molecule has 0 saturated carbocycles. The van der Waals surface area contributed by atoms with Gasteiger partial charge in [0.05, 0.1) is 12.5 Å². The molecule has 18 heavy (non-hydrogen) atoms. The first kappa shape index (κ1) is 12.6. The molecular formula is C13H16N2O3. The maximum absolute atomic E-state index is 11.6. The van der Waals surface area contributed by atoms with E-state index in [-0.39, 0.29) is 24.9 Å². The zero-order chi connectivity index (χ0) is 12.8. The van der Waals surface area contributed by atoms with E-state index in [1.54, 1.807) is 0 Å². The average Bonchev–Trinajstić information content (AvgIpc) is 2.40. The van der Waals surface area contributed by atoms with Gasteiger partial charge < -0.3 is 15.4 Å². The van der Waals surface area contributed by atoms with Crippen molar-refractivity contribution in [2.45, 2.75) is 19.1 Å². The van der Waals surface area contributed by atoms with Gasteiger partial charge in [0, 0.05) is 13.1 Å². The lowest BCUT2D eigenvalue weighted by Gasteiger charge is -2.22. The normalized spacial score (nSPS) is 19.1. The summed E-state index contributed by atoms with van der Waals surface area (Å²) in [6.45, 7) is 1.53. The molecule has 1 amide bonds. The summed E-state index contributed by atoms with van der Waals surface area (Å²) in [7, 11) is 0. The van der Waals surface area contributed by atoms with Crippen molar-refractivity contribution >= 4 is 11.9 Å². The molecule has 0 aliphatic carbocycles. The number of hydrogen-bond donors (Lipinski definition) is 2. The highest BCUT2D eigenvalue weighted by atomic mass is 16.5. The van der Waals surface area contributed by atoms with E-state index in [9.17, 15) is 9.59 Å². The Morgan fingerprint density at radius 3 is 2.78 bits per heavy atom. The Morgan fingerprint density at radius 2 is 2.06 bits per heavy atom. The highest BCUT2D eigenvalue weighted by Crippen LogP contribution is 2.04. The summed E-state index contributed by atoms with van der Waals surface area (Å²) in [5.41, 5.74) is 0.937. The number of ether oxygens (including phenoxy) is 1. The van der Waals surface area contributed by atoms with Gasteiger partial charge >= 0.3 is 5.97 Å². The molecule has 5 nitrogen and oxygen atoms in total. The lowest BCUT2D eigenvalue weighted by Crippen LogP contribution is -2.53. The van der Waals surface area contributed by atoms with Crippen LogP contribution in [0.15, 0.2) is 30.3 Å². The summed E-state index contributed by atoms with van der Waals surface area (Å²) < 4.78 is 5.12. The number of nitrogens with one attached hydrogen (secondary N) is 2. The largest absolute Gasteiger partial charge is 0.461 e. The van der Waals surface area contributed by atoms with Gasteiger partial charge in [-0.25, -0.2) is 0 Å². The maximum atomic E-state index is 11.6. The summed E-state index contributed by atoms with van der Waals surface area (Å²) in [4.78, 5) is 23.0. The van der Waals surface area contributed by atoms with Crippen LogP contribution in [0.3, 0.4) is 0 Å². The maximum Gasteiger partial charge on any atom is 0.308 e. The molecule has 1 aliphatic heterocycles. The van der Waals surface area contributed by atoms with Crippen LogP contribution in [0.25, 0.3) is 0 Å². The van der Waals surface area contributed by atoms with E-state index >= 15 is 0 Å². The fourth-order valence-corrected chi connectivity index (χ4v) is 1.78. The minimum absolute atomic E-state index is 0.0681. The molecule has 0 unspecified atom stereocenters. The van der Waals surface area contributed by atoms with Crippen LogP contribution in [0.2, 0.25) is 0 Å². The van der Waals surface area contributed by atoms with Crippen molar-refractivity contribution < 1.29 is 14.3 Å². The van der Waals surface area contributed by atoms with Crippen LogP contribution in [-0.4, -0.2) is 31.0 Å². The first-order valence-corrected chi connectivity index (χ1v) is 5.96. The minimum atomic E-state index is -0.470. The van der Waals surface area contributed by atoms with E-state index in [0.29, 0.717) is 13.1 Å². The zero-order valence-electron chi connectivity index (χ0n) is 10.0. The van der Waals surface area contributed by atoms with Crippen molar-refractivity contribution in [3.05, 3.63) is 35.9 Å². The molecule has 0 radical (unpaired) electrons. The summed E-state index contributed by atoms with van der Waals surface area (Å²) in [5, 5.41) is 5.69. The van der Waals surface area contributed by atoms with Crippen LogP contribution in [0.5, 0.6) is 0 Å². The fraction of sp³-hybridized carbons (Fsp3) is 0.385. The Kier molecular flexibility index (Phi) is 4.30. The Labute approximate surface area is 106 Å². The van der Waals surface area contributed by atoms with Gasteiger partial charge in [0.15, 0.2) is 0 Å². The highest BCUT2D eigenvalue weighted by molar-refractivity contribution is 5.87. The second-order valence-corrected chi connectivity index (χ2v) is 4.15. The number of piperazine rings is 1. The second-order valence-electron chi connectivity index (χ2n) is 4.15. The van der Waals surface area contributed by atoms with E-state index in [4.69, 9.17) is 4.74 Å². The summed E-state index contributed by atoms with van der Waals surface area (Å²) in [5.74, 6) is -0.508. The molecule has 1 aliphatic rings. The molecule has 1 heterocycles. The van der Waals surface area contributed by atoms with Crippen molar-refractivity contribution in [1.82, 2.24) is 10.6 Å². The summed E-state index contributed by atoms with van der Waals surface area (Å²) >= 11 is 0. The van der Waals surface area contributed by atoms with Gasteiger partial charge in [0.25, 0.3) is 0 Å². The number of hydrogen-bond acceptors (Lipinski definition) is 4. The third kappa shape index (κ3) is 3.56. The van der Waals surface area contributed by atoms with Gasteiger partial charge in [-0.1, -0.05) is 30.3 Å². The highest BCUT2D eigenvalue weighted by Gasteiger charge is 2.24. The molecule has 1 saturated heterocycles. The van der Waals surface area contributed by atoms with Crippen LogP contribution < -0.4 is 10.6 Å². The smallest absolute Gasteiger partial charge is 0.308 e. The molecule has 0 aromatic heterocycles. The monoisotopic (exact) mass is 248 g/mol. The van der Waals surface area contributed by atoms with E-state index < -0.39 is 6.04 Å². The predicted octanol–water partition coefficient (Wildman–Crippen LogP) is 0.208. The van der Waals surface area contributed by atoms with Gasteiger partial charge in [0.2, 0.25) is 5.91 Å². The first-order chi connectivity index (χ1) is 8.75. The summed E-state index contributed by atoms with van der Waals surface area (Å²) in [6, 6.07) is 8.99. The topological polar surface area (TPSA) is 67.4 Å². The molecule has 96 valence electrons. The van der Waals surface area contributed by atoms with Crippen LogP contribution in [0.1, 0.15) is 12.0 Å². The lowest BCUT2D eigenvalue weighted by atomic mass is 10.1. The van der Waals surface area contributed by atoms with Crippen LogP contribution in [0.4, 0.5) is 0 Å². The number of carbonyl (C=O) groups excluding carboxylic acids is 2. The molecular weight excluding hydrogens is 232 g/mol. The molecule has 5 heteroatoms. The SMILES string of the molecule is O=C(C[C@@H]1NCCNC1=O)OCc1ccccc1. The van der Waals surface area contributed by atoms with Crippen LogP contribution in [0, 0.1) is 0 Å². The van der Waals surface area contributed by atoms with Gasteiger partial charge in [-0.05, 0) is 5.56 Å². The van der Waals surface area contributed by atoms with Crippen molar-refractivity contribution in [3.8, 4) is 0 Å². The molecule has 1 fully saturated rings. The number of esters is 1. The molecule has 0 bridgehead atoms. The first-order valence-electron chi connectivity index (χ1n) is 5.96. The van der Waals surface area contributed by atoms with Gasteiger partial charge in [-0.3, -0.25) is 9.59 Å². The van der Waals surface area contributed by atoms with Gasteiger partial charge in [-0.2, -0.15) is 0 Å². The number of carbonyl (C=O) groups is 2. The van der Waals surface area contributed by atoms with E-state index in [0.717, 1.165) is 5.56 Å². The van der Waals surface area contributed by atoms with E-state index in [1.807, 2.05) is 30.3 Å². The Morgan fingerprint density at radius 1 is 1.28 bits per heavy atom. The molecule has 1 aromatic rings. The van der Waals surface area contributed by atoms with Crippen LogP contribution >= 0.6 is 0 Å². The molecule has 0 spiro atoms. The molecule has 2 rings (SSSR count). The van der Waals surface area contributed by atoms with Crippen molar-refractivity contribution in [2.24, 2.45) is 0 Å². The fourth-order valence-electron chi connectivity index (χ4n) is 1.78. The molecule has 1 aromatic carbocycles. The lowest BCUT2D eigenvalue weighted by molar-refractivity contribution is -0.147. The van der Waals surface area contributed by atoms with Gasteiger partial charge in [0.1, 0.15) is 6.61 Å². The number of rotatable bonds is 4. The summed E-state index contributed by atoms with van der Waals surface area (Å²) in [6.07, 6.45) is 0.0681. The Bertz CT molecular complexity index is 420.